The van der Waals surface area contributed by atoms with E-state index >= 15 is 0 Å². The van der Waals surface area contributed by atoms with Crippen molar-refractivity contribution in [2.45, 2.75) is 6.92 Å². The number of tetrazole rings is 1. The minimum absolute atomic E-state index is 0.243. The lowest BCUT2D eigenvalue weighted by Gasteiger charge is -2.11. The Labute approximate surface area is 161 Å². The second-order valence-corrected chi connectivity index (χ2v) is 6.73. The minimum Gasteiger partial charge on any atom is -0.453 e. The van der Waals surface area contributed by atoms with Gasteiger partial charge in [0.2, 0.25) is 5.78 Å². The van der Waals surface area contributed by atoms with E-state index in [1.807, 2.05) is 69.6 Å². The molecule has 2 aromatic carbocycles. The zero-order chi connectivity index (χ0) is 19.7. The highest BCUT2D eigenvalue weighted by Gasteiger charge is 2.24. The van der Waals surface area contributed by atoms with Crippen LogP contribution in [-0.4, -0.2) is 45.0 Å². The standard InChI is InChI=1S/C21H19N5O2/c1-14-8-10-16(11-9-14)26-21(22-23-24-26)17(13-25(2)3)20(27)19-12-15-6-4-5-7-18(15)28-19/h4-13H,1-3H3. The second-order valence-electron chi connectivity index (χ2n) is 6.73. The average molecular weight is 373 g/mol. The Morgan fingerprint density at radius 3 is 2.57 bits per heavy atom. The van der Waals surface area contributed by atoms with Gasteiger partial charge >= 0.3 is 0 Å². The van der Waals surface area contributed by atoms with Crippen LogP contribution < -0.4 is 0 Å². The lowest BCUT2D eigenvalue weighted by atomic mass is 10.1. The first-order valence-corrected chi connectivity index (χ1v) is 8.80. The molecule has 0 aliphatic carbocycles. The van der Waals surface area contributed by atoms with Gasteiger partial charge in [-0.1, -0.05) is 35.9 Å². The summed E-state index contributed by atoms with van der Waals surface area (Å²) >= 11 is 0. The summed E-state index contributed by atoms with van der Waals surface area (Å²) < 4.78 is 7.32. The number of aryl methyl sites for hydroxylation is 1. The quantitative estimate of drug-likeness (QED) is 0.394. The predicted molar refractivity (Wildman–Crippen MR) is 106 cm³/mol. The molecule has 0 radical (unpaired) electrons. The van der Waals surface area contributed by atoms with E-state index in [1.54, 1.807) is 21.8 Å². The zero-order valence-electron chi connectivity index (χ0n) is 15.8. The number of fused-ring (bicyclic) bond motifs is 1. The molecule has 2 aromatic heterocycles. The SMILES string of the molecule is Cc1ccc(-n2nnnc2C(=CN(C)C)C(=O)c2cc3ccccc3o2)cc1. The van der Waals surface area contributed by atoms with Crippen LogP contribution >= 0.6 is 0 Å². The summed E-state index contributed by atoms with van der Waals surface area (Å²) in [5.74, 6) is 0.309. The number of para-hydroxylation sites is 1. The number of nitrogens with zero attached hydrogens (tertiary/aromatic N) is 5. The molecule has 4 rings (SSSR count). The van der Waals surface area contributed by atoms with Crippen LogP contribution in [0.1, 0.15) is 21.9 Å². The highest BCUT2D eigenvalue weighted by atomic mass is 16.3. The van der Waals surface area contributed by atoms with Crippen molar-refractivity contribution in [1.29, 1.82) is 0 Å². The Morgan fingerprint density at radius 1 is 1.11 bits per heavy atom. The Kier molecular flexibility index (Phi) is 4.49. The van der Waals surface area contributed by atoms with Crippen LogP contribution in [0, 0.1) is 6.92 Å². The summed E-state index contributed by atoms with van der Waals surface area (Å²) in [5, 5.41) is 12.8. The van der Waals surface area contributed by atoms with E-state index in [1.165, 1.54) is 0 Å². The van der Waals surface area contributed by atoms with Gasteiger partial charge in [-0.05, 0) is 41.6 Å². The number of carbonyl (C=O) groups excluding carboxylic acids is 1. The molecule has 0 spiro atoms. The molecule has 140 valence electrons. The third-order valence-corrected chi connectivity index (χ3v) is 4.27. The van der Waals surface area contributed by atoms with Crippen molar-refractivity contribution < 1.29 is 9.21 Å². The van der Waals surface area contributed by atoms with Crippen molar-refractivity contribution in [2.24, 2.45) is 0 Å². The van der Waals surface area contributed by atoms with E-state index in [0.29, 0.717) is 17.0 Å². The van der Waals surface area contributed by atoms with E-state index in [2.05, 4.69) is 15.5 Å². The molecule has 0 amide bonds. The van der Waals surface area contributed by atoms with Gasteiger partial charge in [0.25, 0.3) is 0 Å². The highest BCUT2D eigenvalue weighted by molar-refractivity contribution is 6.27. The first-order valence-electron chi connectivity index (χ1n) is 8.80. The first kappa shape index (κ1) is 17.7. The molecule has 0 bridgehead atoms. The fourth-order valence-corrected chi connectivity index (χ4v) is 2.92. The Hall–Kier alpha value is -3.74. The summed E-state index contributed by atoms with van der Waals surface area (Å²) in [7, 11) is 3.68. The fourth-order valence-electron chi connectivity index (χ4n) is 2.92. The van der Waals surface area contributed by atoms with E-state index < -0.39 is 0 Å². The maximum absolute atomic E-state index is 13.3. The van der Waals surface area contributed by atoms with Crippen LogP contribution in [0.2, 0.25) is 0 Å². The number of benzene rings is 2. The number of hydrogen-bond acceptors (Lipinski definition) is 6. The van der Waals surface area contributed by atoms with E-state index in [0.717, 1.165) is 16.6 Å². The molecule has 7 heteroatoms. The lowest BCUT2D eigenvalue weighted by molar-refractivity contribution is 0.103. The lowest BCUT2D eigenvalue weighted by Crippen LogP contribution is -2.13. The molecule has 0 fully saturated rings. The Bertz CT molecular complexity index is 1140. The number of hydrogen-bond donors (Lipinski definition) is 0. The van der Waals surface area contributed by atoms with Crippen LogP contribution in [0.25, 0.3) is 22.2 Å². The number of allylic oxidation sites excluding steroid dienone is 1. The number of carbonyl (C=O) groups is 1. The third kappa shape index (κ3) is 3.29. The van der Waals surface area contributed by atoms with Gasteiger partial charge in [0.15, 0.2) is 11.6 Å². The maximum Gasteiger partial charge on any atom is 0.233 e. The van der Waals surface area contributed by atoms with E-state index in [4.69, 9.17) is 4.42 Å². The number of furan rings is 1. The van der Waals surface area contributed by atoms with Gasteiger partial charge in [-0.2, -0.15) is 4.68 Å². The molecular weight excluding hydrogens is 354 g/mol. The number of ketones is 1. The Morgan fingerprint density at radius 2 is 1.86 bits per heavy atom. The first-order chi connectivity index (χ1) is 13.5. The molecule has 0 saturated heterocycles. The van der Waals surface area contributed by atoms with Crippen molar-refractivity contribution in [2.75, 3.05) is 14.1 Å². The van der Waals surface area contributed by atoms with Gasteiger partial charge in [0.1, 0.15) is 5.58 Å². The van der Waals surface area contributed by atoms with Gasteiger partial charge in [-0.25, -0.2) is 0 Å². The molecule has 0 atom stereocenters. The van der Waals surface area contributed by atoms with Gasteiger partial charge < -0.3 is 9.32 Å². The summed E-state index contributed by atoms with van der Waals surface area (Å²) in [6.07, 6.45) is 1.70. The van der Waals surface area contributed by atoms with Gasteiger partial charge in [0, 0.05) is 25.7 Å². The molecule has 7 nitrogen and oxygen atoms in total. The van der Waals surface area contributed by atoms with E-state index in [9.17, 15) is 4.79 Å². The molecule has 2 heterocycles. The summed E-state index contributed by atoms with van der Waals surface area (Å²) in [6, 6.07) is 17.0. The summed E-state index contributed by atoms with van der Waals surface area (Å²) in [4.78, 5) is 15.1. The van der Waals surface area contributed by atoms with Crippen LogP contribution in [0.3, 0.4) is 0 Å². The fraction of sp³-hybridized carbons (Fsp3) is 0.143. The average Bonchev–Trinajstić information content (AvgIpc) is 3.33. The number of rotatable bonds is 5. The molecule has 4 aromatic rings. The second kappa shape index (κ2) is 7.11. The highest BCUT2D eigenvalue weighted by Crippen LogP contribution is 2.25. The zero-order valence-corrected chi connectivity index (χ0v) is 15.8. The van der Waals surface area contributed by atoms with Crippen molar-refractivity contribution in [3.63, 3.8) is 0 Å². The van der Waals surface area contributed by atoms with Crippen LogP contribution in [0.15, 0.2) is 65.2 Å². The number of Topliss-reactive ketones (excluding diaryl/α,β-unsaturated/α-hetero) is 1. The number of aromatic nitrogens is 4. The van der Waals surface area contributed by atoms with Crippen molar-refractivity contribution in [3.05, 3.63) is 77.9 Å². The normalized spacial score (nSPS) is 11.8. The Balaban J connectivity index is 1.81. The molecule has 0 aliphatic rings. The molecule has 0 saturated carbocycles. The van der Waals surface area contributed by atoms with Crippen LogP contribution in [0.4, 0.5) is 0 Å². The topological polar surface area (TPSA) is 77.1 Å². The predicted octanol–water partition coefficient (Wildman–Crippen LogP) is 3.50. The molecule has 0 unspecified atom stereocenters. The molecular formula is C21H19N5O2. The third-order valence-electron chi connectivity index (χ3n) is 4.27. The van der Waals surface area contributed by atoms with E-state index in [-0.39, 0.29) is 11.5 Å². The molecule has 0 aliphatic heterocycles. The molecule has 0 N–H and O–H groups in total. The smallest absolute Gasteiger partial charge is 0.233 e. The maximum atomic E-state index is 13.3. The van der Waals surface area contributed by atoms with Gasteiger partial charge in [-0.3, -0.25) is 4.79 Å². The van der Waals surface area contributed by atoms with Crippen molar-refractivity contribution >= 4 is 22.3 Å². The minimum atomic E-state index is -0.284. The van der Waals surface area contributed by atoms with Crippen molar-refractivity contribution in [1.82, 2.24) is 25.1 Å². The molecule has 28 heavy (non-hydrogen) atoms. The van der Waals surface area contributed by atoms with Gasteiger partial charge in [-0.15, -0.1) is 5.10 Å². The van der Waals surface area contributed by atoms with Crippen LogP contribution in [-0.2, 0) is 0 Å². The largest absolute Gasteiger partial charge is 0.453 e. The summed E-state index contributed by atoms with van der Waals surface area (Å²) in [5.41, 5.74) is 2.90. The summed E-state index contributed by atoms with van der Waals surface area (Å²) in [6.45, 7) is 2.01. The van der Waals surface area contributed by atoms with Crippen molar-refractivity contribution in [3.8, 4) is 5.69 Å². The monoisotopic (exact) mass is 373 g/mol. The van der Waals surface area contributed by atoms with Gasteiger partial charge in [0.05, 0.1) is 11.3 Å². The van der Waals surface area contributed by atoms with Crippen LogP contribution in [0.5, 0.6) is 0 Å².